The van der Waals surface area contributed by atoms with Gasteiger partial charge in [-0.2, -0.15) is 0 Å². The van der Waals surface area contributed by atoms with Gasteiger partial charge in [-0.15, -0.1) is 0 Å². The van der Waals surface area contributed by atoms with Crippen LogP contribution in [0, 0.1) is 23.1 Å². The third kappa shape index (κ3) is 1.19. The molecule has 0 aromatic heterocycles. The predicted molar refractivity (Wildman–Crippen MR) is 64.1 cm³/mol. The molecule has 2 N–H and O–H groups in total. The predicted octanol–water partition coefficient (Wildman–Crippen LogP) is 1.55. The van der Waals surface area contributed by atoms with E-state index in [-0.39, 0.29) is 34.8 Å². The first-order valence-corrected chi connectivity index (χ1v) is 5.78. The largest absolute Gasteiger partial charge is 0.399 e. The van der Waals surface area contributed by atoms with Gasteiger partial charge in [0, 0.05) is 5.69 Å². The number of benzene rings is 1. The van der Waals surface area contributed by atoms with E-state index in [1.165, 1.54) is 18.2 Å². The van der Waals surface area contributed by atoms with Crippen molar-refractivity contribution in [2.45, 2.75) is 13.8 Å². The number of hydrogen-bond donors (Lipinski definition) is 1. The number of hydrogen-bond acceptors (Lipinski definition) is 3. The Morgan fingerprint density at radius 2 is 1.78 bits per heavy atom. The Balaban J connectivity index is 2.03. The van der Waals surface area contributed by atoms with Crippen LogP contribution in [0.25, 0.3) is 0 Å². The molecule has 2 fully saturated rings. The average molecular weight is 248 g/mol. The van der Waals surface area contributed by atoms with Crippen molar-refractivity contribution in [3.63, 3.8) is 0 Å². The molecule has 0 radical (unpaired) electrons. The summed E-state index contributed by atoms with van der Waals surface area (Å²) in [5.74, 6) is -1.87. The molecule has 4 nitrogen and oxygen atoms in total. The van der Waals surface area contributed by atoms with E-state index < -0.39 is 5.82 Å². The van der Waals surface area contributed by atoms with Crippen LogP contribution in [-0.4, -0.2) is 11.8 Å². The molecule has 0 bridgehead atoms. The van der Waals surface area contributed by atoms with Crippen molar-refractivity contribution in [2.24, 2.45) is 17.3 Å². The fourth-order valence-corrected chi connectivity index (χ4v) is 2.88. The molecule has 2 aliphatic rings. The van der Waals surface area contributed by atoms with E-state index in [1.807, 2.05) is 13.8 Å². The number of imide groups is 1. The van der Waals surface area contributed by atoms with Gasteiger partial charge in [-0.25, -0.2) is 9.29 Å². The first-order valence-electron chi connectivity index (χ1n) is 5.78. The second-order valence-electron chi connectivity index (χ2n) is 5.50. The second kappa shape index (κ2) is 3.10. The van der Waals surface area contributed by atoms with Gasteiger partial charge in [-0.3, -0.25) is 9.59 Å². The molecule has 1 aromatic rings. The molecular formula is C13H13FN2O2. The highest BCUT2D eigenvalue weighted by Gasteiger charge is 2.72. The molecule has 1 heterocycles. The quantitative estimate of drug-likeness (QED) is 0.606. The van der Waals surface area contributed by atoms with Crippen molar-refractivity contribution in [2.75, 3.05) is 10.6 Å². The SMILES string of the molecule is CC1(C)C2C(=O)N(c3cc(N)ccc3F)C(=O)C21. The zero-order chi connectivity index (χ0) is 13.2. The van der Waals surface area contributed by atoms with E-state index in [9.17, 15) is 14.0 Å². The summed E-state index contributed by atoms with van der Waals surface area (Å²) in [6.07, 6.45) is 0. The maximum atomic E-state index is 13.7. The lowest BCUT2D eigenvalue weighted by atomic mass is 10.1. The Bertz CT molecular complexity index is 558. The van der Waals surface area contributed by atoms with Crippen LogP contribution in [-0.2, 0) is 9.59 Å². The van der Waals surface area contributed by atoms with Crippen molar-refractivity contribution in [1.29, 1.82) is 0 Å². The van der Waals surface area contributed by atoms with Crippen LogP contribution >= 0.6 is 0 Å². The number of anilines is 2. The van der Waals surface area contributed by atoms with Gasteiger partial charge in [0.2, 0.25) is 11.8 Å². The maximum absolute atomic E-state index is 13.7. The molecule has 1 aromatic carbocycles. The van der Waals surface area contributed by atoms with Gasteiger partial charge in [0.15, 0.2) is 0 Å². The van der Waals surface area contributed by atoms with Gasteiger partial charge in [-0.1, -0.05) is 13.8 Å². The third-order valence-electron chi connectivity index (χ3n) is 4.01. The lowest BCUT2D eigenvalue weighted by Gasteiger charge is -2.21. The number of carbonyl (C=O) groups is 2. The average Bonchev–Trinajstić information content (AvgIpc) is 2.74. The molecule has 18 heavy (non-hydrogen) atoms. The zero-order valence-corrected chi connectivity index (χ0v) is 10.1. The monoisotopic (exact) mass is 248 g/mol. The number of nitrogens with two attached hydrogens (primary N) is 1. The van der Waals surface area contributed by atoms with Crippen LogP contribution in [0.5, 0.6) is 0 Å². The van der Waals surface area contributed by atoms with E-state index >= 15 is 0 Å². The Morgan fingerprint density at radius 3 is 2.33 bits per heavy atom. The summed E-state index contributed by atoms with van der Waals surface area (Å²) < 4.78 is 13.7. The Hall–Kier alpha value is -1.91. The van der Waals surface area contributed by atoms with Gasteiger partial charge < -0.3 is 5.73 Å². The van der Waals surface area contributed by atoms with Crippen LogP contribution in [0.2, 0.25) is 0 Å². The highest BCUT2D eigenvalue weighted by Crippen LogP contribution is 2.63. The van der Waals surface area contributed by atoms with Gasteiger partial charge in [0.05, 0.1) is 17.5 Å². The first kappa shape index (κ1) is 11.2. The second-order valence-corrected chi connectivity index (χ2v) is 5.50. The summed E-state index contributed by atoms with van der Waals surface area (Å²) in [7, 11) is 0. The molecule has 94 valence electrons. The van der Waals surface area contributed by atoms with Gasteiger partial charge in [0.25, 0.3) is 0 Å². The van der Waals surface area contributed by atoms with E-state index in [0.29, 0.717) is 5.69 Å². The number of halogens is 1. The molecule has 2 amide bonds. The zero-order valence-electron chi connectivity index (χ0n) is 10.1. The van der Waals surface area contributed by atoms with Crippen molar-refractivity contribution >= 4 is 23.2 Å². The van der Waals surface area contributed by atoms with Crippen molar-refractivity contribution in [1.82, 2.24) is 0 Å². The molecular weight excluding hydrogens is 235 g/mol. The van der Waals surface area contributed by atoms with E-state index in [2.05, 4.69) is 0 Å². The fourth-order valence-electron chi connectivity index (χ4n) is 2.88. The summed E-state index contributed by atoms with van der Waals surface area (Å²) in [6, 6.07) is 3.89. The smallest absolute Gasteiger partial charge is 0.238 e. The normalized spacial score (nSPS) is 28.5. The lowest BCUT2D eigenvalue weighted by molar-refractivity contribution is -0.125. The topological polar surface area (TPSA) is 63.4 Å². The minimum atomic E-state index is -0.606. The Morgan fingerprint density at radius 1 is 1.22 bits per heavy atom. The van der Waals surface area contributed by atoms with Crippen LogP contribution in [0.1, 0.15) is 13.8 Å². The molecule has 2 atom stereocenters. The molecule has 0 spiro atoms. The number of rotatable bonds is 1. The molecule has 1 aliphatic heterocycles. The molecule has 1 saturated heterocycles. The maximum Gasteiger partial charge on any atom is 0.238 e. The summed E-state index contributed by atoms with van der Waals surface area (Å²) >= 11 is 0. The summed E-state index contributed by atoms with van der Waals surface area (Å²) in [4.78, 5) is 25.2. The number of fused-ring (bicyclic) bond motifs is 1. The number of piperidine rings is 1. The van der Waals surface area contributed by atoms with E-state index in [0.717, 1.165) is 4.90 Å². The minimum Gasteiger partial charge on any atom is -0.399 e. The number of nitrogen functional groups attached to an aromatic ring is 1. The summed E-state index contributed by atoms with van der Waals surface area (Å²) in [5, 5.41) is 0. The lowest BCUT2D eigenvalue weighted by Crippen LogP contribution is -2.36. The molecule has 1 aliphatic carbocycles. The number of nitrogens with zero attached hydrogens (tertiary/aromatic N) is 1. The third-order valence-corrected chi connectivity index (χ3v) is 4.01. The first-order chi connectivity index (χ1) is 8.35. The van der Waals surface area contributed by atoms with Crippen LogP contribution in [0.4, 0.5) is 15.8 Å². The van der Waals surface area contributed by atoms with Crippen molar-refractivity contribution in [3.8, 4) is 0 Å². The van der Waals surface area contributed by atoms with E-state index in [4.69, 9.17) is 5.73 Å². The fraction of sp³-hybridized carbons (Fsp3) is 0.385. The minimum absolute atomic E-state index is 0.0343. The van der Waals surface area contributed by atoms with Crippen molar-refractivity contribution in [3.05, 3.63) is 24.0 Å². The Kier molecular flexibility index (Phi) is 1.93. The number of carbonyl (C=O) groups excluding carboxylic acids is 2. The molecule has 3 rings (SSSR count). The number of amides is 2. The van der Waals surface area contributed by atoms with Gasteiger partial charge in [-0.05, 0) is 23.6 Å². The summed E-state index contributed by atoms with van der Waals surface area (Å²) in [5.41, 5.74) is 5.57. The van der Waals surface area contributed by atoms with Crippen LogP contribution in [0.15, 0.2) is 18.2 Å². The highest BCUT2D eigenvalue weighted by atomic mass is 19.1. The molecule has 2 unspecified atom stereocenters. The summed E-state index contributed by atoms with van der Waals surface area (Å²) in [6.45, 7) is 3.76. The Labute approximate surface area is 104 Å². The molecule has 5 heteroatoms. The highest BCUT2D eigenvalue weighted by molar-refractivity contribution is 6.25. The van der Waals surface area contributed by atoms with Crippen LogP contribution < -0.4 is 10.6 Å². The van der Waals surface area contributed by atoms with Crippen molar-refractivity contribution < 1.29 is 14.0 Å². The van der Waals surface area contributed by atoms with Gasteiger partial charge in [0.1, 0.15) is 5.82 Å². The van der Waals surface area contributed by atoms with Gasteiger partial charge >= 0.3 is 0 Å². The standard InChI is InChI=1S/C13H13FN2O2/c1-13(2)9-10(13)12(18)16(11(9)17)8-5-6(15)3-4-7(8)14/h3-5,9-10H,15H2,1-2H3. The van der Waals surface area contributed by atoms with E-state index in [1.54, 1.807) is 0 Å². The molecule has 1 saturated carbocycles. The van der Waals surface area contributed by atoms with Crippen LogP contribution in [0.3, 0.4) is 0 Å².